The van der Waals surface area contributed by atoms with E-state index in [0.29, 0.717) is 5.92 Å². The van der Waals surface area contributed by atoms with Crippen molar-refractivity contribution < 1.29 is 4.74 Å². The summed E-state index contributed by atoms with van der Waals surface area (Å²) in [5.74, 6) is 2.36. The molecule has 7 heteroatoms. The lowest BCUT2D eigenvalue weighted by Gasteiger charge is -2.19. The Labute approximate surface area is 191 Å². The number of guanidine groups is 1. The predicted molar refractivity (Wildman–Crippen MR) is 131 cm³/mol. The van der Waals surface area contributed by atoms with Crippen LogP contribution in [0.5, 0.6) is 5.75 Å². The summed E-state index contributed by atoms with van der Waals surface area (Å²) in [6, 6.07) is 14.3. The molecule has 0 spiro atoms. The third-order valence-electron chi connectivity index (χ3n) is 4.96. The molecule has 29 heavy (non-hydrogen) atoms. The zero-order valence-electron chi connectivity index (χ0n) is 17.3. The highest BCUT2D eigenvalue weighted by atomic mass is 127. The highest BCUT2D eigenvalue weighted by molar-refractivity contribution is 14.0. The molecule has 0 amide bonds. The third kappa shape index (κ3) is 7.38. The molecule has 1 aromatic carbocycles. The maximum Gasteiger partial charge on any atom is 0.191 e. The van der Waals surface area contributed by atoms with Crippen molar-refractivity contribution in [2.75, 3.05) is 44.7 Å². The van der Waals surface area contributed by atoms with Gasteiger partial charge in [0.2, 0.25) is 0 Å². The number of rotatable bonds is 8. The van der Waals surface area contributed by atoms with Gasteiger partial charge in [-0.1, -0.05) is 12.1 Å². The molecule has 1 aliphatic rings. The maximum atomic E-state index is 5.35. The van der Waals surface area contributed by atoms with Crippen molar-refractivity contribution in [3.63, 3.8) is 0 Å². The number of halogens is 1. The van der Waals surface area contributed by atoms with Gasteiger partial charge in [0, 0.05) is 62.8 Å². The molecule has 0 aliphatic carbocycles. The molecular formula is C22H32IN5O. The summed E-state index contributed by atoms with van der Waals surface area (Å²) in [5, 5.41) is 6.76. The number of ether oxygens (including phenoxy) is 1. The number of hydrogen-bond acceptors (Lipinski definition) is 4. The molecule has 0 saturated carbocycles. The van der Waals surface area contributed by atoms with Gasteiger partial charge in [-0.15, -0.1) is 24.0 Å². The fourth-order valence-corrected chi connectivity index (χ4v) is 3.44. The summed E-state index contributed by atoms with van der Waals surface area (Å²) in [5.41, 5.74) is 2.32. The fourth-order valence-electron chi connectivity index (χ4n) is 3.44. The fraction of sp³-hybridized carbons (Fsp3) is 0.455. The van der Waals surface area contributed by atoms with Crippen LogP contribution in [-0.4, -0.2) is 50.8 Å². The van der Waals surface area contributed by atoms with Gasteiger partial charge in [0.15, 0.2) is 5.96 Å². The number of pyridine rings is 1. The first-order valence-corrected chi connectivity index (χ1v) is 10.1. The van der Waals surface area contributed by atoms with Crippen LogP contribution in [-0.2, 0) is 6.42 Å². The van der Waals surface area contributed by atoms with E-state index >= 15 is 0 Å². The molecule has 0 bridgehead atoms. The second-order valence-electron chi connectivity index (χ2n) is 7.02. The number of nitrogens with zero attached hydrogens (tertiary/aromatic N) is 3. The molecule has 158 valence electrons. The van der Waals surface area contributed by atoms with E-state index in [1.54, 1.807) is 7.11 Å². The Balaban J connectivity index is 0.00000300. The minimum atomic E-state index is 0. The highest BCUT2D eigenvalue weighted by Gasteiger charge is 2.22. The average Bonchev–Trinajstić information content (AvgIpc) is 3.22. The predicted octanol–water partition coefficient (Wildman–Crippen LogP) is 3.33. The van der Waals surface area contributed by atoms with Gasteiger partial charge in [-0.2, -0.15) is 0 Å². The Morgan fingerprint density at radius 3 is 2.90 bits per heavy atom. The Morgan fingerprint density at radius 1 is 1.24 bits per heavy atom. The number of nitrogens with one attached hydrogen (secondary N) is 2. The number of hydrogen-bond donors (Lipinski definition) is 2. The van der Waals surface area contributed by atoms with Crippen molar-refractivity contribution in [2.24, 2.45) is 10.9 Å². The molecule has 3 rings (SSSR count). The monoisotopic (exact) mass is 509 g/mol. The van der Waals surface area contributed by atoms with Crippen LogP contribution in [0, 0.1) is 5.92 Å². The summed E-state index contributed by atoms with van der Waals surface area (Å²) < 4.78 is 5.35. The number of methoxy groups -OCH3 is 1. The van der Waals surface area contributed by atoms with Crippen LogP contribution in [0.15, 0.2) is 53.7 Å². The van der Waals surface area contributed by atoms with Gasteiger partial charge in [-0.25, -0.2) is 0 Å². The smallest absolute Gasteiger partial charge is 0.191 e. The topological polar surface area (TPSA) is 61.8 Å². The molecule has 1 fully saturated rings. The van der Waals surface area contributed by atoms with Crippen molar-refractivity contribution in [3.8, 4) is 5.75 Å². The molecule has 0 radical (unpaired) electrons. The zero-order chi connectivity index (χ0) is 19.6. The Hall–Kier alpha value is -2.03. The lowest BCUT2D eigenvalue weighted by atomic mass is 10.1. The second-order valence-corrected chi connectivity index (χ2v) is 7.02. The van der Waals surface area contributed by atoms with E-state index in [4.69, 9.17) is 9.73 Å². The quantitative estimate of drug-likeness (QED) is 0.325. The minimum absolute atomic E-state index is 0. The van der Waals surface area contributed by atoms with Crippen LogP contribution in [0.4, 0.5) is 5.69 Å². The molecule has 2 heterocycles. The summed E-state index contributed by atoms with van der Waals surface area (Å²) >= 11 is 0. The van der Waals surface area contributed by atoms with E-state index in [2.05, 4.69) is 51.7 Å². The van der Waals surface area contributed by atoms with E-state index in [1.165, 1.54) is 5.69 Å². The van der Waals surface area contributed by atoms with Crippen molar-refractivity contribution in [1.29, 1.82) is 0 Å². The molecule has 1 aromatic heterocycles. The normalized spacial score (nSPS) is 16.3. The van der Waals surface area contributed by atoms with Crippen molar-refractivity contribution >= 4 is 35.6 Å². The maximum absolute atomic E-state index is 5.35. The first-order chi connectivity index (χ1) is 13.8. The van der Waals surface area contributed by atoms with Crippen molar-refractivity contribution in [2.45, 2.75) is 19.8 Å². The Kier molecular flexibility index (Phi) is 10.0. The number of anilines is 1. The average molecular weight is 509 g/mol. The summed E-state index contributed by atoms with van der Waals surface area (Å²) in [6.07, 6.45) is 3.88. The summed E-state index contributed by atoms with van der Waals surface area (Å²) in [7, 11) is 1.71. The van der Waals surface area contributed by atoms with E-state index in [-0.39, 0.29) is 24.0 Å². The van der Waals surface area contributed by atoms with Crippen LogP contribution >= 0.6 is 24.0 Å². The van der Waals surface area contributed by atoms with Crippen LogP contribution in [0.2, 0.25) is 0 Å². The van der Waals surface area contributed by atoms with Gasteiger partial charge < -0.3 is 20.3 Å². The Morgan fingerprint density at radius 2 is 2.14 bits per heavy atom. The third-order valence-corrected chi connectivity index (χ3v) is 4.96. The molecule has 1 unspecified atom stereocenters. The lowest BCUT2D eigenvalue weighted by Crippen LogP contribution is -2.38. The van der Waals surface area contributed by atoms with Crippen LogP contribution in [0.1, 0.15) is 19.0 Å². The van der Waals surface area contributed by atoms with E-state index in [0.717, 1.165) is 63.0 Å². The second kappa shape index (κ2) is 12.5. The van der Waals surface area contributed by atoms with Gasteiger partial charge >= 0.3 is 0 Å². The minimum Gasteiger partial charge on any atom is -0.497 e. The molecule has 2 N–H and O–H groups in total. The molecule has 1 saturated heterocycles. The lowest BCUT2D eigenvalue weighted by molar-refractivity contribution is 0.415. The van der Waals surface area contributed by atoms with E-state index in [9.17, 15) is 0 Å². The van der Waals surface area contributed by atoms with E-state index in [1.807, 2.05) is 24.4 Å². The van der Waals surface area contributed by atoms with Gasteiger partial charge in [0.25, 0.3) is 0 Å². The van der Waals surface area contributed by atoms with Crippen LogP contribution in [0.3, 0.4) is 0 Å². The number of benzene rings is 1. The van der Waals surface area contributed by atoms with Crippen LogP contribution < -0.4 is 20.3 Å². The van der Waals surface area contributed by atoms with Crippen molar-refractivity contribution in [1.82, 2.24) is 15.6 Å². The first kappa shape index (κ1) is 23.3. The van der Waals surface area contributed by atoms with Crippen LogP contribution in [0.25, 0.3) is 0 Å². The highest BCUT2D eigenvalue weighted by Crippen LogP contribution is 2.26. The van der Waals surface area contributed by atoms with Crippen molar-refractivity contribution in [3.05, 3.63) is 54.4 Å². The first-order valence-electron chi connectivity index (χ1n) is 10.1. The largest absolute Gasteiger partial charge is 0.497 e. The SMILES string of the molecule is CCNC(=NCC1CCN(c2cccc(OC)c2)C1)NCCc1ccccn1.I. The molecule has 6 nitrogen and oxygen atoms in total. The van der Waals surface area contributed by atoms with Gasteiger partial charge in [0.1, 0.15) is 5.75 Å². The van der Waals surface area contributed by atoms with E-state index < -0.39 is 0 Å². The molecule has 1 atom stereocenters. The van der Waals surface area contributed by atoms with Gasteiger partial charge in [0.05, 0.1) is 7.11 Å². The molecule has 2 aromatic rings. The molecular weight excluding hydrogens is 477 g/mol. The number of aliphatic imine (C=N–C) groups is 1. The summed E-state index contributed by atoms with van der Waals surface area (Å²) in [4.78, 5) is 11.6. The number of aromatic nitrogens is 1. The summed E-state index contributed by atoms with van der Waals surface area (Å²) in [6.45, 7) is 6.70. The Bertz CT molecular complexity index is 756. The zero-order valence-corrected chi connectivity index (χ0v) is 19.6. The van der Waals surface area contributed by atoms with Gasteiger partial charge in [-0.05, 0) is 43.5 Å². The standard InChI is InChI=1S/C22H31N5O.HI/c1-3-23-22(25-13-10-19-7-4-5-12-24-19)26-16-18-11-14-27(17-18)20-8-6-9-21(15-20)28-2;/h4-9,12,15,18H,3,10-11,13-14,16-17H2,1-2H3,(H2,23,25,26);1H. The molecule has 1 aliphatic heterocycles. The van der Waals surface area contributed by atoms with Gasteiger partial charge in [-0.3, -0.25) is 9.98 Å².